The number of rotatable bonds is 5. The Morgan fingerprint density at radius 1 is 1.09 bits per heavy atom. The van der Waals surface area contributed by atoms with E-state index in [-0.39, 0.29) is 5.92 Å². The van der Waals surface area contributed by atoms with Crippen LogP contribution < -0.4 is 0 Å². The molecule has 0 spiro atoms. The molecule has 0 amide bonds. The van der Waals surface area contributed by atoms with E-state index in [9.17, 15) is 4.79 Å². The molecule has 0 saturated heterocycles. The molecule has 1 saturated carbocycles. The molecule has 6 nitrogen and oxygen atoms in total. The molecule has 1 unspecified atom stereocenters. The largest absolute Gasteiger partial charge is 0.481 e. The Kier molecular flexibility index (Phi) is 5.34. The molecule has 174 valence electrons. The molecule has 1 atom stereocenters. The van der Waals surface area contributed by atoms with Gasteiger partial charge in [0.1, 0.15) is 0 Å². The molecule has 1 aromatic heterocycles. The Balaban J connectivity index is 1.18. The van der Waals surface area contributed by atoms with Crippen molar-refractivity contribution in [1.29, 1.82) is 0 Å². The first-order chi connectivity index (χ1) is 16.5. The van der Waals surface area contributed by atoms with Gasteiger partial charge in [0.2, 0.25) is 5.82 Å². The Morgan fingerprint density at radius 2 is 1.88 bits per heavy atom. The van der Waals surface area contributed by atoms with Gasteiger partial charge in [-0.3, -0.25) is 9.69 Å². The number of carboxylic acids is 1. The molecule has 3 aromatic rings. The number of carbonyl (C=O) groups is 1. The summed E-state index contributed by atoms with van der Waals surface area (Å²) in [6.07, 6.45) is 1.50. The molecular weight excluding hydrogens is 446 g/mol. The van der Waals surface area contributed by atoms with Gasteiger partial charge < -0.3 is 9.63 Å². The van der Waals surface area contributed by atoms with Crippen molar-refractivity contribution in [2.45, 2.75) is 51.7 Å². The van der Waals surface area contributed by atoms with Crippen LogP contribution in [0.3, 0.4) is 0 Å². The number of hydrogen-bond acceptors (Lipinski definition) is 6. The van der Waals surface area contributed by atoms with Crippen LogP contribution in [-0.2, 0) is 17.9 Å². The zero-order valence-corrected chi connectivity index (χ0v) is 20.1. The van der Waals surface area contributed by atoms with Gasteiger partial charge in [-0.05, 0) is 72.6 Å². The topological polar surface area (TPSA) is 79.5 Å². The Bertz CT molecular complexity index is 1310. The second-order valence-electron chi connectivity index (χ2n) is 9.79. The number of fused-ring (bicyclic) bond motifs is 1. The van der Waals surface area contributed by atoms with Gasteiger partial charge in [0.05, 0.1) is 5.92 Å². The molecular formula is C27H27N3O3S. The fourth-order valence-electron chi connectivity index (χ4n) is 5.39. The summed E-state index contributed by atoms with van der Waals surface area (Å²) in [6, 6.07) is 13.1. The maximum atomic E-state index is 11.1. The lowest BCUT2D eigenvalue weighted by atomic mass is 9.79. The minimum atomic E-state index is -0.669. The monoisotopic (exact) mass is 473 g/mol. The van der Waals surface area contributed by atoms with Gasteiger partial charge in [-0.15, -0.1) is 11.8 Å². The highest BCUT2D eigenvalue weighted by atomic mass is 32.2. The normalized spacial score (nSPS) is 24.1. The smallest absolute Gasteiger partial charge is 0.306 e. The molecule has 1 fully saturated rings. The lowest BCUT2D eigenvalue weighted by Crippen LogP contribution is -2.44. The fraction of sp³-hybridized carbons (Fsp3) is 0.370. The highest BCUT2D eigenvalue weighted by Crippen LogP contribution is 2.39. The highest BCUT2D eigenvalue weighted by Gasteiger charge is 2.39. The third-order valence-corrected chi connectivity index (χ3v) is 8.65. The molecule has 1 aliphatic carbocycles. The van der Waals surface area contributed by atoms with E-state index < -0.39 is 5.97 Å². The van der Waals surface area contributed by atoms with Crippen LogP contribution in [0.4, 0.5) is 0 Å². The number of carboxylic acid groups (broad SMARTS) is 1. The van der Waals surface area contributed by atoms with E-state index in [1.165, 1.54) is 27.8 Å². The molecule has 3 aliphatic rings. The number of hydrogen-bond donors (Lipinski definition) is 1. The van der Waals surface area contributed by atoms with E-state index in [4.69, 9.17) is 14.6 Å². The van der Waals surface area contributed by atoms with Crippen LogP contribution >= 0.6 is 11.8 Å². The SMILES string of the molecule is CC1=CSCC1c1ccc(-c2nc(-c3ccc4c(c3)CN(C3CC(C(=O)O)C3)C4)no2)cc1C. The predicted molar refractivity (Wildman–Crippen MR) is 132 cm³/mol. The Hall–Kier alpha value is -2.90. The minimum Gasteiger partial charge on any atom is -0.481 e. The van der Waals surface area contributed by atoms with Gasteiger partial charge in [0, 0.05) is 41.9 Å². The molecule has 0 radical (unpaired) electrons. The van der Waals surface area contributed by atoms with Crippen LogP contribution in [0.1, 0.15) is 47.9 Å². The van der Waals surface area contributed by atoms with Crippen molar-refractivity contribution < 1.29 is 14.4 Å². The van der Waals surface area contributed by atoms with Crippen molar-refractivity contribution in [2.75, 3.05) is 5.75 Å². The summed E-state index contributed by atoms with van der Waals surface area (Å²) in [5, 5.41) is 15.7. The zero-order chi connectivity index (χ0) is 23.4. The summed E-state index contributed by atoms with van der Waals surface area (Å²) >= 11 is 1.88. The second kappa shape index (κ2) is 8.40. The minimum absolute atomic E-state index is 0.183. The molecule has 0 bridgehead atoms. The number of thioether (sulfide) groups is 1. The van der Waals surface area contributed by atoms with E-state index in [0.29, 0.717) is 23.7 Å². The predicted octanol–water partition coefficient (Wildman–Crippen LogP) is 5.63. The lowest BCUT2D eigenvalue weighted by Gasteiger charge is -2.39. The van der Waals surface area contributed by atoms with Crippen molar-refractivity contribution in [3.05, 3.63) is 69.6 Å². The Labute approximate surface area is 203 Å². The molecule has 34 heavy (non-hydrogen) atoms. The number of benzene rings is 2. The van der Waals surface area contributed by atoms with Crippen LogP contribution in [0.25, 0.3) is 22.8 Å². The van der Waals surface area contributed by atoms with Crippen molar-refractivity contribution in [1.82, 2.24) is 15.0 Å². The van der Waals surface area contributed by atoms with Crippen LogP contribution in [-0.4, -0.2) is 37.9 Å². The molecule has 3 heterocycles. The maximum Gasteiger partial charge on any atom is 0.306 e. The van der Waals surface area contributed by atoms with Crippen molar-refractivity contribution in [3.63, 3.8) is 0 Å². The van der Waals surface area contributed by atoms with Gasteiger partial charge in [0.25, 0.3) is 5.89 Å². The van der Waals surface area contributed by atoms with E-state index in [2.05, 4.69) is 65.7 Å². The zero-order valence-electron chi connectivity index (χ0n) is 19.3. The summed E-state index contributed by atoms with van der Waals surface area (Å²) in [5.41, 5.74) is 8.49. The number of aryl methyl sites for hydroxylation is 1. The number of allylic oxidation sites excluding steroid dienone is 1. The van der Waals surface area contributed by atoms with Crippen LogP contribution in [0.5, 0.6) is 0 Å². The third-order valence-electron chi connectivity index (χ3n) is 7.59. The molecule has 7 heteroatoms. The fourth-order valence-corrected chi connectivity index (χ4v) is 6.55. The second-order valence-corrected chi connectivity index (χ2v) is 10.7. The number of aromatic nitrogens is 2. The number of nitrogens with zero attached hydrogens (tertiary/aromatic N) is 3. The van der Waals surface area contributed by atoms with Crippen LogP contribution in [0.2, 0.25) is 0 Å². The van der Waals surface area contributed by atoms with Crippen molar-refractivity contribution in [2.24, 2.45) is 5.92 Å². The van der Waals surface area contributed by atoms with Gasteiger partial charge in [0.15, 0.2) is 0 Å². The van der Waals surface area contributed by atoms with Crippen LogP contribution in [0, 0.1) is 12.8 Å². The van der Waals surface area contributed by atoms with E-state index in [1.807, 2.05) is 11.8 Å². The van der Waals surface area contributed by atoms with Crippen molar-refractivity contribution in [3.8, 4) is 22.8 Å². The molecule has 6 rings (SSSR count). The average molecular weight is 474 g/mol. The van der Waals surface area contributed by atoms with Gasteiger partial charge in [-0.25, -0.2) is 0 Å². The summed E-state index contributed by atoms with van der Waals surface area (Å²) in [5.74, 6) is 1.87. The van der Waals surface area contributed by atoms with Gasteiger partial charge >= 0.3 is 5.97 Å². The maximum absolute atomic E-state index is 11.1. The van der Waals surface area contributed by atoms with Crippen molar-refractivity contribution >= 4 is 17.7 Å². The first-order valence-electron chi connectivity index (χ1n) is 11.8. The summed E-state index contributed by atoms with van der Waals surface area (Å²) in [4.78, 5) is 18.2. The standard InChI is InChI=1S/C27H27N3O3S/c1-15-7-18(5-6-23(15)24-14-34-13-16(24)2)26-28-25(29-33-26)17-3-4-19-11-30(12-21(19)8-17)22-9-20(10-22)27(31)32/h3-8,13,20,22,24H,9-12,14H2,1-2H3,(H,31,32). The summed E-state index contributed by atoms with van der Waals surface area (Å²) in [6.45, 7) is 6.08. The number of aliphatic carboxylic acids is 1. The lowest BCUT2D eigenvalue weighted by molar-refractivity contribution is -0.147. The van der Waals surface area contributed by atoms with Gasteiger partial charge in [-0.1, -0.05) is 28.9 Å². The van der Waals surface area contributed by atoms with E-state index in [0.717, 1.165) is 42.8 Å². The quantitative estimate of drug-likeness (QED) is 0.515. The molecule has 2 aromatic carbocycles. The summed E-state index contributed by atoms with van der Waals surface area (Å²) < 4.78 is 5.64. The van der Waals surface area contributed by atoms with E-state index >= 15 is 0 Å². The summed E-state index contributed by atoms with van der Waals surface area (Å²) in [7, 11) is 0. The van der Waals surface area contributed by atoms with E-state index in [1.54, 1.807) is 0 Å². The average Bonchev–Trinajstić information content (AvgIpc) is 3.51. The van der Waals surface area contributed by atoms with Gasteiger partial charge in [-0.2, -0.15) is 4.98 Å². The first-order valence-corrected chi connectivity index (χ1v) is 12.8. The van der Waals surface area contributed by atoms with Crippen LogP contribution in [0.15, 0.2) is 51.9 Å². The molecule has 2 aliphatic heterocycles. The Morgan fingerprint density at radius 3 is 2.62 bits per heavy atom. The first kappa shape index (κ1) is 21.6. The highest BCUT2D eigenvalue weighted by molar-refractivity contribution is 8.02. The molecule has 1 N–H and O–H groups in total. The third kappa shape index (κ3) is 3.77.